The van der Waals surface area contributed by atoms with E-state index >= 15 is 0 Å². The summed E-state index contributed by atoms with van der Waals surface area (Å²) in [6.07, 6.45) is 0.589. The number of thiophene rings is 1. The van der Waals surface area contributed by atoms with Crippen LogP contribution in [-0.2, 0) is 24.8 Å². The number of aryl methyl sites for hydroxylation is 1. The van der Waals surface area contributed by atoms with E-state index in [0.717, 1.165) is 15.7 Å². The molecule has 30 heavy (non-hydrogen) atoms. The third-order valence-electron chi connectivity index (χ3n) is 4.92. The number of esters is 1. The molecule has 0 saturated heterocycles. The highest BCUT2D eigenvalue weighted by Crippen LogP contribution is 2.22. The molecule has 0 N–H and O–H groups in total. The van der Waals surface area contributed by atoms with Crippen LogP contribution in [-0.4, -0.2) is 21.7 Å². The van der Waals surface area contributed by atoms with Gasteiger partial charge in [0, 0.05) is 18.8 Å². The Balaban J connectivity index is 1.65. The van der Waals surface area contributed by atoms with E-state index in [1.807, 2.05) is 60.7 Å². The molecule has 0 spiro atoms. The molecule has 0 bridgehead atoms. The summed E-state index contributed by atoms with van der Waals surface area (Å²) in [5.41, 5.74) is 1.20. The van der Waals surface area contributed by atoms with Crippen molar-refractivity contribution in [3.63, 3.8) is 0 Å². The second-order valence-corrected chi connectivity index (χ2v) is 7.78. The summed E-state index contributed by atoms with van der Waals surface area (Å²) in [7, 11) is 1.60. The zero-order valence-corrected chi connectivity index (χ0v) is 17.2. The van der Waals surface area contributed by atoms with Crippen LogP contribution >= 0.6 is 11.3 Å². The monoisotopic (exact) mass is 420 g/mol. The van der Waals surface area contributed by atoms with Gasteiger partial charge in [0.2, 0.25) is 0 Å². The molecule has 0 amide bonds. The predicted molar refractivity (Wildman–Crippen MR) is 117 cm³/mol. The Morgan fingerprint density at radius 3 is 2.27 bits per heavy atom. The van der Waals surface area contributed by atoms with E-state index in [4.69, 9.17) is 4.74 Å². The number of carbonyl (C=O) groups is 1. The van der Waals surface area contributed by atoms with Gasteiger partial charge in [0.05, 0.1) is 24.1 Å². The Hall–Kier alpha value is -3.45. The number of aromatic nitrogens is 2. The Labute approximate surface area is 176 Å². The summed E-state index contributed by atoms with van der Waals surface area (Å²) >= 11 is 1.19. The highest BCUT2D eigenvalue weighted by atomic mass is 32.1. The number of hydrogen-bond donors (Lipinski definition) is 0. The molecule has 4 aromatic rings. The molecule has 0 unspecified atom stereocenters. The molecule has 2 heterocycles. The molecule has 0 aliphatic heterocycles. The average Bonchev–Trinajstić information content (AvgIpc) is 3.22. The van der Waals surface area contributed by atoms with Crippen molar-refractivity contribution in [2.45, 2.75) is 13.0 Å². The normalized spacial score (nSPS) is 11.0. The van der Waals surface area contributed by atoms with Gasteiger partial charge in [0.15, 0.2) is 0 Å². The van der Waals surface area contributed by atoms with Gasteiger partial charge in [-0.15, -0.1) is 11.3 Å². The van der Waals surface area contributed by atoms with Gasteiger partial charge in [0.1, 0.15) is 4.83 Å². The summed E-state index contributed by atoms with van der Waals surface area (Å²) in [5.74, 6) is -0.556. The third kappa shape index (κ3) is 3.84. The first-order valence-electron chi connectivity index (χ1n) is 9.52. The number of carbonyl (C=O) groups excluding carboxylic acids is 1. The fraction of sp³-hybridized carbons (Fsp3) is 0.174. The second kappa shape index (κ2) is 8.51. The van der Waals surface area contributed by atoms with Gasteiger partial charge in [-0.25, -0.2) is 9.59 Å². The Morgan fingerprint density at radius 2 is 1.60 bits per heavy atom. The van der Waals surface area contributed by atoms with E-state index in [1.54, 1.807) is 12.4 Å². The van der Waals surface area contributed by atoms with Gasteiger partial charge < -0.3 is 4.74 Å². The third-order valence-corrected chi connectivity index (χ3v) is 5.98. The highest BCUT2D eigenvalue weighted by molar-refractivity contribution is 7.17. The minimum atomic E-state index is -0.556. The summed E-state index contributed by atoms with van der Waals surface area (Å²) in [6, 6.07) is 19.0. The lowest BCUT2D eigenvalue weighted by atomic mass is 10.2. The summed E-state index contributed by atoms with van der Waals surface area (Å²) in [5, 5.41) is 1.81. The van der Waals surface area contributed by atoms with Crippen LogP contribution in [0.25, 0.3) is 10.2 Å². The smallest absolute Gasteiger partial charge is 0.339 e. The quantitative estimate of drug-likeness (QED) is 0.449. The van der Waals surface area contributed by atoms with Crippen LogP contribution in [0.3, 0.4) is 0 Å². The molecule has 6 nitrogen and oxygen atoms in total. The van der Waals surface area contributed by atoms with E-state index in [9.17, 15) is 14.4 Å². The summed E-state index contributed by atoms with van der Waals surface area (Å²) in [4.78, 5) is 39.0. The summed E-state index contributed by atoms with van der Waals surface area (Å²) < 4.78 is 7.98. The largest absolute Gasteiger partial charge is 0.462 e. The molecule has 152 valence electrons. The van der Waals surface area contributed by atoms with Crippen molar-refractivity contribution in [1.29, 1.82) is 0 Å². The standard InChI is InChI=1S/C23H20N2O4S/c1-24-21-19(20(26)25(23(24)28)14-17-10-6-3-7-11-17)18(15-30-21)22(27)29-13-12-16-8-4-2-5-9-16/h2-11,15H,12-14H2,1H3. The van der Waals surface area contributed by atoms with Crippen LogP contribution in [0, 0.1) is 0 Å². The fourth-order valence-electron chi connectivity index (χ4n) is 3.33. The van der Waals surface area contributed by atoms with Crippen molar-refractivity contribution in [2.75, 3.05) is 6.61 Å². The van der Waals surface area contributed by atoms with Crippen LogP contribution in [0.15, 0.2) is 75.6 Å². The zero-order valence-electron chi connectivity index (χ0n) is 16.4. The lowest BCUT2D eigenvalue weighted by Crippen LogP contribution is -2.39. The van der Waals surface area contributed by atoms with Crippen molar-refractivity contribution in [3.8, 4) is 0 Å². The van der Waals surface area contributed by atoms with Gasteiger partial charge in [-0.2, -0.15) is 0 Å². The number of ether oxygens (including phenoxy) is 1. The maximum Gasteiger partial charge on any atom is 0.339 e. The van der Waals surface area contributed by atoms with Crippen molar-refractivity contribution in [2.24, 2.45) is 7.05 Å². The number of nitrogens with zero attached hydrogens (tertiary/aromatic N) is 2. The number of rotatable bonds is 6. The van der Waals surface area contributed by atoms with Crippen LogP contribution < -0.4 is 11.2 Å². The maximum absolute atomic E-state index is 13.1. The van der Waals surface area contributed by atoms with Crippen LogP contribution in [0.1, 0.15) is 21.5 Å². The van der Waals surface area contributed by atoms with Crippen molar-refractivity contribution >= 4 is 27.5 Å². The average molecular weight is 420 g/mol. The van der Waals surface area contributed by atoms with Crippen LogP contribution in [0.5, 0.6) is 0 Å². The zero-order chi connectivity index (χ0) is 21.1. The molecule has 0 fully saturated rings. The van der Waals surface area contributed by atoms with Crippen molar-refractivity contribution < 1.29 is 9.53 Å². The molecule has 0 radical (unpaired) electrons. The minimum absolute atomic E-state index is 0.140. The van der Waals surface area contributed by atoms with Crippen LogP contribution in [0.4, 0.5) is 0 Å². The SMILES string of the molecule is Cn1c(=O)n(Cc2ccccc2)c(=O)c2c(C(=O)OCCc3ccccc3)csc21. The van der Waals surface area contributed by atoms with Crippen molar-refractivity contribution in [3.05, 3.63) is 104 Å². The first kappa shape index (κ1) is 19.8. The van der Waals surface area contributed by atoms with Gasteiger partial charge >= 0.3 is 11.7 Å². The predicted octanol–water partition coefficient (Wildman–Crippen LogP) is 3.21. The highest BCUT2D eigenvalue weighted by Gasteiger charge is 2.21. The Bertz CT molecular complexity index is 1300. The van der Waals surface area contributed by atoms with Gasteiger partial charge in [0.25, 0.3) is 5.56 Å². The lowest BCUT2D eigenvalue weighted by molar-refractivity contribution is 0.0512. The Morgan fingerprint density at radius 1 is 0.967 bits per heavy atom. The summed E-state index contributed by atoms with van der Waals surface area (Å²) in [6.45, 7) is 0.352. The molecule has 0 saturated carbocycles. The minimum Gasteiger partial charge on any atom is -0.462 e. The lowest BCUT2D eigenvalue weighted by Gasteiger charge is -2.09. The molecular formula is C23H20N2O4S. The van der Waals surface area contributed by atoms with E-state index < -0.39 is 17.2 Å². The molecule has 0 atom stereocenters. The van der Waals surface area contributed by atoms with Gasteiger partial charge in [-0.3, -0.25) is 13.9 Å². The number of hydrogen-bond acceptors (Lipinski definition) is 5. The Kier molecular flexibility index (Phi) is 5.63. The molecule has 2 aromatic carbocycles. The van der Waals surface area contributed by atoms with Gasteiger partial charge in [-0.1, -0.05) is 60.7 Å². The first-order valence-corrected chi connectivity index (χ1v) is 10.4. The van der Waals surface area contributed by atoms with E-state index in [1.165, 1.54) is 15.9 Å². The second-order valence-electron chi connectivity index (χ2n) is 6.92. The van der Waals surface area contributed by atoms with Crippen LogP contribution in [0.2, 0.25) is 0 Å². The van der Waals surface area contributed by atoms with E-state index in [2.05, 4.69) is 0 Å². The van der Waals surface area contributed by atoms with Gasteiger partial charge in [-0.05, 0) is 11.1 Å². The fourth-order valence-corrected chi connectivity index (χ4v) is 4.33. The molecule has 4 rings (SSSR count). The number of benzene rings is 2. The van der Waals surface area contributed by atoms with Crippen molar-refractivity contribution in [1.82, 2.24) is 9.13 Å². The maximum atomic E-state index is 13.1. The first-order chi connectivity index (χ1) is 14.6. The molecular weight excluding hydrogens is 400 g/mol. The van der Waals surface area contributed by atoms with E-state index in [-0.39, 0.29) is 24.1 Å². The molecule has 7 heteroatoms. The topological polar surface area (TPSA) is 70.3 Å². The number of fused-ring (bicyclic) bond motifs is 1. The molecule has 0 aliphatic rings. The molecule has 2 aromatic heterocycles. The van der Waals surface area contributed by atoms with E-state index in [0.29, 0.717) is 11.3 Å². The molecule has 0 aliphatic carbocycles.